The largest absolute Gasteiger partial charge is 0.364 e. The van der Waals surface area contributed by atoms with E-state index >= 15 is 0 Å². The highest BCUT2D eigenvalue weighted by Gasteiger charge is 2.15. The molecule has 2 aromatic heterocycles. The molecule has 1 saturated carbocycles. The van der Waals surface area contributed by atoms with E-state index in [9.17, 15) is 0 Å². The molecule has 3 rings (SSSR count). The Bertz CT molecular complexity index is 525. The number of rotatable bonds is 2. The Hall–Kier alpha value is -1.65. The molecule has 18 heavy (non-hydrogen) atoms. The van der Waals surface area contributed by atoms with Crippen molar-refractivity contribution in [2.75, 3.05) is 5.32 Å². The molecule has 96 valence electrons. The first-order valence-electron chi connectivity index (χ1n) is 6.77. The van der Waals surface area contributed by atoms with Crippen LogP contribution in [-0.4, -0.2) is 25.6 Å². The molecule has 0 spiro atoms. The minimum atomic E-state index is 0.531. The van der Waals surface area contributed by atoms with Gasteiger partial charge < -0.3 is 5.32 Å². The zero-order valence-corrected chi connectivity index (χ0v) is 10.8. The lowest BCUT2D eigenvalue weighted by atomic mass is 10.1. The molecule has 5 nitrogen and oxygen atoms in total. The van der Waals surface area contributed by atoms with Crippen LogP contribution >= 0.6 is 0 Å². The van der Waals surface area contributed by atoms with Gasteiger partial charge in [0.25, 0.3) is 0 Å². The molecule has 0 radical (unpaired) electrons. The third-order valence-electron chi connectivity index (χ3n) is 3.69. The number of aromatic nitrogens is 4. The minimum absolute atomic E-state index is 0.531. The molecule has 2 heterocycles. The second kappa shape index (κ2) is 4.92. The zero-order chi connectivity index (χ0) is 12.4. The maximum Gasteiger partial charge on any atom is 0.203 e. The Balaban J connectivity index is 1.85. The highest BCUT2D eigenvalue weighted by molar-refractivity contribution is 5.62. The second-order valence-corrected chi connectivity index (χ2v) is 5.05. The summed E-state index contributed by atoms with van der Waals surface area (Å²) < 4.78 is 1.98. The molecule has 5 heteroatoms. The molecular formula is C13H19N5. The summed E-state index contributed by atoms with van der Waals surface area (Å²) in [6.07, 6.45) is 11.5. The van der Waals surface area contributed by atoms with Gasteiger partial charge in [-0.05, 0) is 19.8 Å². The van der Waals surface area contributed by atoms with Crippen molar-refractivity contribution in [3.8, 4) is 0 Å². The number of hydrogen-bond acceptors (Lipinski definition) is 4. The summed E-state index contributed by atoms with van der Waals surface area (Å²) in [5.41, 5.74) is 0.833. The van der Waals surface area contributed by atoms with Crippen LogP contribution in [0.3, 0.4) is 0 Å². The average molecular weight is 245 g/mol. The van der Waals surface area contributed by atoms with Crippen molar-refractivity contribution in [2.45, 2.75) is 51.5 Å². The minimum Gasteiger partial charge on any atom is -0.364 e. The van der Waals surface area contributed by atoms with E-state index in [1.807, 2.05) is 23.7 Å². The van der Waals surface area contributed by atoms with Gasteiger partial charge in [0, 0.05) is 18.4 Å². The normalized spacial score (nSPS) is 17.8. The highest BCUT2D eigenvalue weighted by Crippen LogP contribution is 2.21. The lowest BCUT2D eigenvalue weighted by Gasteiger charge is -2.16. The number of anilines is 1. The van der Waals surface area contributed by atoms with Crippen molar-refractivity contribution in [3.05, 3.63) is 18.2 Å². The van der Waals surface area contributed by atoms with Gasteiger partial charge in [-0.1, -0.05) is 25.7 Å². The van der Waals surface area contributed by atoms with Gasteiger partial charge in [-0.3, -0.25) is 4.40 Å². The smallest absolute Gasteiger partial charge is 0.203 e. The van der Waals surface area contributed by atoms with Gasteiger partial charge in [0.05, 0.1) is 0 Å². The Kier molecular flexibility index (Phi) is 3.13. The summed E-state index contributed by atoms with van der Waals surface area (Å²) in [5.74, 6) is 1.77. The lowest BCUT2D eigenvalue weighted by molar-refractivity contribution is 0.618. The molecule has 0 bridgehead atoms. The van der Waals surface area contributed by atoms with Crippen LogP contribution in [0, 0.1) is 6.92 Å². The molecule has 0 saturated heterocycles. The predicted molar refractivity (Wildman–Crippen MR) is 70.6 cm³/mol. The average Bonchev–Trinajstić information content (AvgIpc) is 2.62. The highest BCUT2D eigenvalue weighted by atomic mass is 15.3. The van der Waals surface area contributed by atoms with Gasteiger partial charge in [0.2, 0.25) is 5.65 Å². The third kappa shape index (κ3) is 2.17. The van der Waals surface area contributed by atoms with E-state index < -0.39 is 0 Å². The van der Waals surface area contributed by atoms with E-state index in [0.717, 1.165) is 17.3 Å². The van der Waals surface area contributed by atoms with Gasteiger partial charge in [0.15, 0.2) is 5.82 Å². The van der Waals surface area contributed by atoms with Crippen molar-refractivity contribution >= 4 is 11.5 Å². The molecule has 0 atom stereocenters. The summed E-state index contributed by atoms with van der Waals surface area (Å²) in [6.45, 7) is 1.95. The summed E-state index contributed by atoms with van der Waals surface area (Å²) in [7, 11) is 0. The summed E-state index contributed by atoms with van der Waals surface area (Å²) in [5, 5.41) is 11.8. The Labute approximate surface area is 107 Å². The number of nitrogens with zero attached hydrogens (tertiary/aromatic N) is 4. The van der Waals surface area contributed by atoms with Crippen LogP contribution in [0.1, 0.15) is 44.3 Å². The topological polar surface area (TPSA) is 55.1 Å². The first kappa shape index (κ1) is 11.4. The molecule has 0 amide bonds. The van der Waals surface area contributed by atoms with Gasteiger partial charge in [-0.25, -0.2) is 4.98 Å². The SMILES string of the molecule is Cc1nnc2c(NC3CCCCCC3)nccn12. The molecule has 2 aromatic rings. The first-order chi connectivity index (χ1) is 8.84. The van der Waals surface area contributed by atoms with Crippen LogP contribution in [0.5, 0.6) is 0 Å². The molecule has 1 fully saturated rings. The zero-order valence-electron chi connectivity index (χ0n) is 10.8. The fraction of sp³-hybridized carbons (Fsp3) is 0.615. The van der Waals surface area contributed by atoms with E-state index in [2.05, 4.69) is 20.5 Å². The van der Waals surface area contributed by atoms with Crippen molar-refractivity contribution < 1.29 is 0 Å². The van der Waals surface area contributed by atoms with E-state index in [1.165, 1.54) is 38.5 Å². The van der Waals surface area contributed by atoms with Gasteiger partial charge in [-0.15, -0.1) is 10.2 Å². The lowest BCUT2D eigenvalue weighted by Crippen LogP contribution is -2.19. The van der Waals surface area contributed by atoms with E-state index in [-0.39, 0.29) is 0 Å². The summed E-state index contributed by atoms with van der Waals surface area (Å²) in [6, 6.07) is 0.531. The molecule has 0 unspecified atom stereocenters. The van der Waals surface area contributed by atoms with E-state index in [0.29, 0.717) is 6.04 Å². The summed E-state index contributed by atoms with van der Waals surface area (Å²) in [4.78, 5) is 4.41. The standard InChI is InChI=1S/C13H19N5/c1-10-16-17-13-12(14-8-9-18(10)13)15-11-6-4-2-3-5-7-11/h8-9,11H,2-7H2,1H3,(H,14,15). The Morgan fingerprint density at radius 1 is 1.17 bits per heavy atom. The van der Waals surface area contributed by atoms with Crippen molar-refractivity contribution in [1.29, 1.82) is 0 Å². The Morgan fingerprint density at radius 2 is 1.94 bits per heavy atom. The molecule has 0 aliphatic heterocycles. The van der Waals surface area contributed by atoms with Crippen LogP contribution in [0.4, 0.5) is 5.82 Å². The maximum absolute atomic E-state index is 4.41. The number of aryl methyl sites for hydroxylation is 1. The second-order valence-electron chi connectivity index (χ2n) is 5.05. The fourth-order valence-electron chi connectivity index (χ4n) is 2.66. The maximum atomic E-state index is 4.41. The quantitative estimate of drug-likeness (QED) is 0.826. The molecular weight excluding hydrogens is 226 g/mol. The van der Waals surface area contributed by atoms with Crippen molar-refractivity contribution in [2.24, 2.45) is 0 Å². The van der Waals surface area contributed by atoms with Gasteiger partial charge in [0.1, 0.15) is 5.82 Å². The van der Waals surface area contributed by atoms with Crippen LogP contribution in [0.15, 0.2) is 12.4 Å². The van der Waals surface area contributed by atoms with Crippen LogP contribution < -0.4 is 5.32 Å². The Morgan fingerprint density at radius 3 is 2.72 bits per heavy atom. The third-order valence-corrected chi connectivity index (χ3v) is 3.69. The molecule has 1 N–H and O–H groups in total. The number of hydrogen-bond donors (Lipinski definition) is 1. The molecule has 1 aliphatic carbocycles. The number of fused-ring (bicyclic) bond motifs is 1. The van der Waals surface area contributed by atoms with Crippen molar-refractivity contribution in [1.82, 2.24) is 19.6 Å². The molecule has 0 aromatic carbocycles. The van der Waals surface area contributed by atoms with E-state index in [4.69, 9.17) is 0 Å². The fourth-order valence-corrected chi connectivity index (χ4v) is 2.66. The van der Waals surface area contributed by atoms with E-state index in [1.54, 1.807) is 0 Å². The number of nitrogens with one attached hydrogen (secondary N) is 1. The summed E-state index contributed by atoms with van der Waals surface area (Å²) >= 11 is 0. The van der Waals surface area contributed by atoms with Gasteiger partial charge >= 0.3 is 0 Å². The first-order valence-corrected chi connectivity index (χ1v) is 6.77. The van der Waals surface area contributed by atoms with Crippen LogP contribution in [0.2, 0.25) is 0 Å². The molecule has 1 aliphatic rings. The van der Waals surface area contributed by atoms with Crippen molar-refractivity contribution in [3.63, 3.8) is 0 Å². The van der Waals surface area contributed by atoms with Crippen LogP contribution in [0.25, 0.3) is 5.65 Å². The van der Waals surface area contributed by atoms with Gasteiger partial charge in [-0.2, -0.15) is 0 Å². The monoisotopic (exact) mass is 245 g/mol. The van der Waals surface area contributed by atoms with Crippen LogP contribution in [-0.2, 0) is 0 Å². The predicted octanol–water partition coefficient (Wildman–Crippen LogP) is 2.57.